The summed E-state index contributed by atoms with van der Waals surface area (Å²) in [6, 6.07) is 18.2. The molecule has 0 heterocycles. The van der Waals surface area contributed by atoms with Gasteiger partial charge in [-0.25, -0.2) is 0 Å². The van der Waals surface area contributed by atoms with E-state index in [2.05, 4.69) is 5.32 Å². The van der Waals surface area contributed by atoms with Crippen molar-refractivity contribution in [1.82, 2.24) is 10.2 Å². The Kier molecular flexibility index (Phi) is 6.86. The number of nitrogens with zero attached hydrogens (tertiary/aromatic N) is 1. The molecule has 0 atom stereocenters. The van der Waals surface area contributed by atoms with Crippen molar-refractivity contribution in [3.63, 3.8) is 0 Å². The molecule has 2 aromatic carbocycles. The van der Waals surface area contributed by atoms with Crippen molar-refractivity contribution < 1.29 is 14.4 Å². The fourth-order valence-electron chi connectivity index (χ4n) is 2.44. The number of hydrogen-bond donors (Lipinski definition) is 2. The first-order chi connectivity index (χ1) is 12.2. The average Bonchev–Trinajstić information content (AvgIpc) is 2.67. The van der Waals surface area contributed by atoms with Gasteiger partial charge in [0.1, 0.15) is 0 Å². The third-order valence-electron chi connectivity index (χ3n) is 3.73. The number of rotatable bonds is 7. The van der Waals surface area contributed by atoms with Gasteiger partial charge in [0, 0.05) is 6.54 Å². The smallest absolute Gasteiger partial charge is 0.318 e. The van der Waals surface area contributed by atoms with Gasteiger partial charge in [0.15, 0.2) is 0 Å². The van der Waals surface area contributed by atoms with Gasteiger partial charge in [0.2, 0.25) is 6.41 Å². The van der Waals surface area contributed by atoms with Crippen molar-refractivity contribution in [2.75, 3.05) is 13.1 Å². The van der Waals surface area contributed by atoms with E-state index in [0.29, 0.717) is 19.4 Å². The van der Waals surface area contributed by atoms with E-state index in [0.717, 1.165) is 16.0 Å². The summed E-state index contributed by atoms with van der Waals surface area (Å²) in [6.45, 7) is 0.448. The molecule has 3 amide bonds. The lowest BCUT2D eigenvalue weighted by atomic mass is 9.98. The Morgan fingerprint density at radius 3 is 1.96 bits per heavy atom. The van der Waals surface area contributed by atoms with Gasteiger partial charge in [-0.2, -0.15) is 0 Å². The molecule has 0 aliphatic heterocycles. The molecule has 0 bridgehead atoms. The van der Waals surface area contributed by atoms with Crippen LogP contribution < -0.4 is 11.1 Å². The number of amides is 3. The standard InChI is InChI=1S/C19H21N3O3/c20-12-7-13-22(14-23)19(25)18(24)21-17(15-8-3-1-4-9-15)16-10-5-2-6-11-16/h1-6,8-11,14,17H,7,12-13,20H2,(H,21,24). The first-order valence-corrected chi connectivity index (χ1v) is 8.04. The van der Waals surface area contributed by atoms with Crippen molar-refractivity contribution >= 4 is 18.2 Å². The molecule has 6 nitrogen and oxygen atoms in total. The van der Waals surface area contributed by atoms with Crippen molar-refractivity contribution in [2.24, 2.45) is 5.73 Å². The molecule has 2 aromatic rings. The Hall–Kier alpha value is -2.99. The van der Waals surface area contributed by atoms with E-state index in [1.54, 1.807) is 0 Å². The first-order valence-electron chi connectivity index (χ1n) is 8.04. The molecular formula is C19H21N3O3. The molecule has 0 saturated carbocycles. The molecule has 0 aliphatic carbocycles. The molecule has 0 aromatic heterocycles. The number of carbonyl (C=O) groups excluding carboxylic acids is 3. The number of hydrogen-bond acceptors (Lipinski definition) is 4. The number of nitrogens with two attached hydrogens (primary N) is 1. The van der Waals surface area contributed by atoms with Crippen LogP contribution >= 0.6 is 0 Å². The molecule has 130 valence electrons. The number of benzene rings is 2. The van der Waals surface area contributed by atoms with Crippen LogP contribution in [0.5, 0.6) is 0 Å². The number of nitrogens with one attached hydrogen (secondary N) is 1. The molecule has 25 heavy (non-hydrogen) atoms. The quantitative estimate of drug-likeness (QED) is 0.586. The van der Waals surface area contributed by atoms with Crippen molar-refractivity contribution in [3.05, 3.63) is 71.8 Å². The maximum atomic E-state index is 12.4. The lowest BCUT2D eigenvalue weighted by Gasteiger charge is -2.21. The van der Waals surface area contributed by atoms with Crippen molar-refractivity contribution in [2.45, 2.75) is 12.5 Å². The summed E-state index contributed by atoms with van der Waals surface area (Å²) in [5.41, 5.74) is 7.07. The second kappa shape index (κ2) is 9.34. The molecule has 0 fully saturated rings. The van der Waals surface area contributed by atoms with Crippen LogP contribution in [0.1, 0.15) is 23.6 Å². The molecular weight excluding hydrogens is 318 g/mol. The van der Waals surface area contributed by atoms with E-state index in [1.165, 1.54) is 0 Å². The minimum atomic E-state index is -0.889. The highest BCUT2D eigenvalue weighted by Crippen LogP contribution is 2.21. The van der Waals surface area contributed by atoms with Crippen LogP contribution in [0.4, 0.5) is 0 Å². The summed E-state index contributed by atoms with van der Waals surface area (Å²) in [7, 11) is 0. The van der Waals surface area contributed by atoms with Gasteiger partial charge in [-0.3, -0.25) is 19.3 Å². The third-order valence-corrected chi connectivity index (χ3v) is 3.73. The van der Waals surface area contributed by atoms with Gasteiger partial charge < -0.3 is 11.1 Å². The van der Waals surface area contributed by atoms with Crippen molar-refractivity contribution in [1.29, 1.82) is 0 Å². The van der Waals surface area contributed by atoms with E-state index < -0.39 is 17.9 Å². The molecule has 0 radical (unpaired) electrons. The second-order valence-electron chi connectivity index (χ2n) is 5.47. The van der Waals surface area contributed by atoms with Gasteiger partial charge in [-0.05, 0) is 24.1 Å². The van der Waals surface area contributed by atoms with Crippen molar-refractivity contribution in [3.8, 4) is 0 Å². The third kappa shape index (κ3) is 4.99. The highest BCUT2D eigenvalue weighted by Gasteiger charge is 2.25. The molecule has 0 unspecified atom stereocenters. The zero-order chi connectivity index (χ0) is 18.1. The fraction of sp³-hybridized carbons (Fsp3) is 0.211. The average molecular weight is 339 g/mol. The summed E-state index contributed by atoms with van der Waals surface area (Å²) >= 11 is 0. The lowest BCUT2D eigenvalue weighted by Crippen LogP contribution is -2.44. The van der Waals surface area contributed by atoms with Crippen LogP contribution in [-0.2, 0) is 14.4 Å². The summed E-state index contributed by atoms with van der Waals surface area (Å²) in [5.74, 6) is -1.72. The Balaban J connectivity index is 2.20. The number of carbonyl (C=O) groups is 3. The molecule has 0 aliphatic rings. The Labute approximate surface area is 146 Å². The minimum absolute atomic E-state index is 0.119. The Bertz CT molecular complexity index is 665. The van der Waals surface area contributed by atoms with Gasteiger partial charge in [0.25, 0.3) is 0 Å². The van der Waals surface area contributed by atoms with Gasteiger partial charge in [-0.15, -0.1) is 0 Å². The predicted molar refractivity (Wildman–Crippen MR) is 94.3 cm³/mol. The summed E-state index contributed by atoms with van der Waals surface area (Å²) in [5, 5.41) is 2.72. The highest BCUT2D eigenvalue weighted by molar-refractivity contribution is 6.36. The van der Waals surface area contributed by atoms with Crippen LogP contribution in [0.3, 0.4) is 0 Å². The summed E-state index contributed by atoms with van der Waals surface area (Å²) in [4.78, 5) is 36.5. The van der Waals surface area contributed by atoms with Gasteiger partial charge in [0.05, 0.1) is 6.04 Å². The van der Waals surface area contributed by atoms with Gasteiger partial charge in [-0.1, -0.05) is 60.7 Å². The summed E-state index contributed by atoms with van der Waals surface area (Å²) in [6.07, 6.45) is 0.802. The molecule has 6 heteroatoms. The largest absolute Gasteiger partial charge is 0.337 e. The zero-order valence-electron chi connectivity index (χ0n) is 13.8. The zero-order valence-corrected chi connectivity index (χ0v) is 13.8. The van der Waals surface area contributed by atoms with Crippen LogP contribution in [-0.4, -0.2) is 36.2 Å². The van der Waals surface area contributed by atoms with E-state index in [-0.39, 0.29) is 6.54 Å². The fourth-order valence-corrected chi connectivity index (χ4v) is 2.44. The maximum absolute atomic E-state index is 12.4. The van der Waals surface area contributed by atoms with E-state index in [1.807, 2.05) is 60.7 Å². The second-order valence-corrected chi connectivity index (χ2v) is 5.47. The molecule has 2 rings (SSSR count). The minimum Gasteiger partial charge on any atom is -0.337 e. The predicted octanol–water partition coefficient (Wildman–Crippen LogP) is 1.23. The van der Waals surface area contributed by atoms with E-state index in [4.69, 9.17) is 5.73 Å². The maximum Gasteiger partial charge on any atom is 0.318 e. The highest BCUT2D eigenvalue weighted by atomic mass is 16.2. The van der Waals surface area contributed by atoms with Crippen LogP contribution in [0.25, 0.3) is 0 Å². The first kappa shape index (κ1) is 18.4. The van der Waals surface area contributed by atoms with E-state index in [9.17, 15) is 14.4 Å². The molecule has 3 N–H and O–H groups in total. The van der Waals surface area contributed by atoms with Crippen LogP contribution in [0, 0.1) is 0 Å². The van der Waals surface area contributed by atoms with Gasteiger partial charge >= 0.3 is 11.8 Å². The van der Waals surface area contributed by atoms with Crippen LogP contribution in [0.15, 0.2) is 60.7 Å². The topological polar surface area (TPSA) is 92.5 Å². The monoisotopic (exact) mass is 339 g/mol. The normalized spacial score (nSPS) is 10.3. The Morgan fingerprint density at radius 1 is 1.00 bits per heavy atom. The van der Waals surface area contributed by atoms with E-state index >= 15 is 0 Å². The Morgan fingerprint density at radius 2 is 1.52 bits per heavy atom. The summed E-state index contributed by atoms with van der Waals surface area (Å²) < 4.78 is 0. The lowest BCUT2D eigenvalue weighted by molar-refractivity contribution is -0.149. The number of imide groups is 1. The molecule has 0 spiro atoms. The van der Waals surface area contributed by atoms with Crippen LogP contribution in [0.2, 0.25) is 0 Å². The SMILES string of the molecule is NCCCN(C=O)C(=O)C(=O)NC(c1ccccc1)c1ccccc1. The molecule has 0 saturated heterocycles.